The van der Waals surface area contributed by atoms with Crippen molar-refractivity contribution in [3.05, 3.63) is 0 Å². The lowest BCUT2D eigenvalue weighted by Gasteiger charge is -2.46. The summed E-state index contributed by atoms with van der Waals surface area (Å²) in [5.74, 6) is 0. The second-order valence-electron chi connectivity index (χ2n) is 6.82. The maximum atomic E-state index is 6.02. The van der Waals surface area contributed by atoms with Gasteiger partial charge < -0.3 is 10.1 Å². The summed E-state index contributed by atoms with van der Waals surface area (Å²) in [7, 11) is 0. The molecule has 2 saturated carbocycles. The van der Waals surface area contributed by atoms with E-state index in [0.29, 0.717) is 11.6 Å². The topological polar surface area (TPSA) is 24.5 Å². The first-order chi connectivity index (χ1) is 9.36. The van der Waals surface area contributed by atoms with Crippen LogP contribution in [0.15, 0.2) is 0 Å². The van der Waals surface area contributed by atoms with E-state index in [1.54, 1.807) is 0 Å². The summed E-state index contributed by atoms with van der Waals surface area (Å²) in [6.45, 7) is 5.71. The first-order valence-electron chi connectivity index (χ1n) is 8.45. The molecule has 0 aromatic carbocycles. The molecule has 0 radical (unpaired) electrons. The summed E-state index contributed by atoms with van der Waals surface area (Å²) in [6, 6.07) is 0. The molecule has 1 spiro atoms. The SMILES string of the molecule is C1CCC2(CC1)CN(CCOC1CCCC1)CCN2. The number of nitrogens with one attached hydrogen (secondary N) is 1. The molecule has 1 heterocycles. The molecule has 1 saturated heterocycles. The third-order valence-corrected chi connectivity index (χ3v) is 5.33. The van der Waals surface area contributed by atoms with Crippen molar-refractivity contribution in [3.63, 3.8) is 0 Å². The molecule has 0 aromatic heterocycles. The third kappa shape index (κ3) is 3.71. The number of rotatable bonds is 4. The Bertz CT molecular complexity index is 264. The molecule has 1 aliphatic heterocycles. The van der Waals surface area contributed by atoms with Crippen molar-refractivity contribution in [2.45, 2.75) is 69.4 Å². The largest absolute Gasteiger partial charge is 0.377 e. The lowest BCUT2D eigenvalue weighted by atomic mass is 9.80. The van der Waals surface area contributed by atoms with E-state index in [0.717, 1.165) is 13.2 Å². The average molecular weight is 266 g/mol. The Hall–Kier alpha value is -0.120. The molecule has 3 fully saturated rings. The molecule has 3 nitrogen and oxygen atoms in total. The van der Waals surface area contributed by atoms with Gasteiger partial charge in [-0.3, -0.25) is 4.90 Å². The van der Waals surface area contributed by atoms with Gasteiger partial charge in [0.15, 0.2) is 0 Å². The molecule has 3 aliphatic rings. The Morgan fingerprint density at radius 3 is 2.63 bits per heavy atom. The van der Waals surface area contributed by atoms with E-state index in [-0.39, 0.29) is 0 Å². The first-order valence-corrected chi connectivity index (χ1v) is 8.45. The molecule has 0 aromatic rings. The van der Waals surface area contributed by atoms with Crippen LogP contribution in [0.5, 0.6) is 0 Å². The molecule has 1 N–H and O–H groups in total. The van der Waals surface area contributed by atoms with Gasteiger partial charge in [-0.1, -0.05) is 32.1 Å². The van der Waals surface area contributed by atoms with E-state index >= 15 is 0 Å². The number of nitrogens with zero attached hydrogens (tertiary/aromatic N) is 1. The highest BCUT2D eigenvalue weighted by Gasteiger charge is 2.35. The van der Waals surface area contributed by atoms with E-state index in [2.05, 4.69) is 10.2 Å². The van der Waals surface area contributed by atoms with Crippen LogP contribution >= 0.6 is 0 Å². The predicted molar refractivity (Wildman–Crippen MR) is 78.5 cm³/mol. The minimum Gasteiger partial charge on any atom is -0.377 e. The molecule has 2 aliphatic carbocycles. The Labute approximate surface area is 118 Å². The van der Waals surface area contributed by atoms with Crippen molar-refractivity contribution in [1.82, 2.24) is 10.2 Å². The third-order valence-electron chi connectivity index (χ3n) is 5.33. The molecule has 0 unspecified atom stereocenters. The lowest BCUT2D eigenvalue weighted by Crippen LogP contribution is -2.61. The van der Waals surface area contributed by atoms with Crippen LogP contribution in [0.1, 0.15) is 57.8 Å². The van der Waals surface area contributed by atoms with Gasteiger partial charge in [-0.25, -0.2) is 0 Å². The van der Waals surface area contributed by atoms with Gasteiger partial charge in [0.1, 0.15) is 0 Å². The quantitative estimate of drug-likeness (QED) is 0.846. The first kappa shape index (κ1) is 13.8. The Kier molecular flexibility index (Phi) is 4.78. The van der Waals surface area contributed by atoms with E-state index in [9.17, 15) is 0 Å². The van der Waals surface area contributed by atoms with Crippen LogP contribution in [0.25, 0.3) is 0 Å². The molecular weight excluding hydrogens is 236 g/mol. The summed E-state index contributed by atoms with van der Waals surface area (Å²) < 4.78 is 6.02. The standard InChI is InChI=1S/C16H30N2O/c1-4-8-16(9-5-1)14-18(11-10-17-16)12-13-19-15-6-2-3-7-15/h15,17H,1-14H2. The van der Waals surface area contributed by atoms with Crippen LogP contribution in [0.4, 0.5) is 0 Å². The summed E-state index contributed by atoms with van der Waals surface area (Å²) in [4.78, 5) is 2.64. The van der Waals surface area contributed by atoms with Gasteiger partial charge in [0, 0.05) is 31.7 Å². The van der Waals surface area contributed by atoms with Gasteiger partial charge in [-0.2, -0.15) is 0 Å². The van der Waals surface area contributed by atoms with Crippen LogP contribution < -0.4 is 5.32 Å². The second kappa shape index (κ2) is 6.55. The smallest absolute Gasteiger partial charge is 0.0597 e. The molecule has 110 valence electrons. The fraction of sp³-hybridized carbons (Fsp3) is 1.00. The van der Waals surface area contributed by atoms with E-state index in [1.807, 2.05) is 0 Å². The maximum absolute atomic E-state index is 6.02. The zero-order valence-electron chi connectivity index (χ0n) is 12.3. The van der Waals surface area contributed by atoms with Crippen LogP contribution in [0.2, 0.25) is 0 Å². The summed E-state index contributed by atoms with van der Waals surface area (Å²) in [5.41, 5.74) is 0.448. The molecule has 0 amide bonds. The van der Waals surface area contributed by atoms with Gasteiger partial charge in [0.2, 0.25) is 0 Å². The van der Waals surface area contributed by atoms with E-state index in [1.165, 1.54) is 77.4 Å². The molecule has 3 rings (SSSR count). The fourth-order valence-corrected chi connectivity index (χ4v) is 4.20. The lowest BCUT2D eigenvalue weighted by molar-refractivity contribution is 0.0241. The fourth-order valence-electron chi connectivity index (χ4n) is 4.20. The molecule has 0 bridgehead atoms. The van der Waals surface area contributed by atoms with Crippen molar-refractivity contribution in [2.24, 2.45) is 0 Å². The summed E-state index contributed by atoms with van der Waals surface area (Å²) >= 11 is 0. The zero-order valence-corrected chi connectivity index (χ0v) is 12.3. The minimum absolute atomic E-state index is 0.448. The molecule has 0 atom stereocenters. The monoisotopic (exact) mass is 266 g/mol. The van der Waals surface area contributed by atoms with Gasteiger partial charge in [-0.15, -0.1) is 0 Å². The van der Waals surface area contributed by atoms with Gasteiger partial charge in [0.25, 0.3) is 0 Å². The second-order valence-corrected chi connectivity index (χ2v) is 6.82. The normalized spacial score (nSPS) is 29.1. The van der Waals surface area contributed by atoms with Crippen LogP contribution in [0, 0.1) is 0 Å². The number of hydrogen-bond acceptors (Lipinski definition) is 3. The van der Waals surface area contributed by atoms with Crippen LogP contribution in [-0.4, -0.2) is 49.3 Å². The Morgan fingerprint density at radius 1 is 1.05 bits per heavy atom. The van der Waals surface area contributed by atoms with Crippen molar-refractivity contribution < 1.29 is 4.74 Å². The van der Waals surface area contributed by atoms with Gasteiger partial charge in [-0.05, 0) is 25.7 Å². The van der Waals surface area contributed by atoms with E-state index < -0.39 is 0 Å². The molecule has 3 heteroatoms. The number of hydrogen-bond donors (Lipinski definition) is 1. The molecular formula is C16H30N2O. The average Bonchev–Trinajstić information content (AvgIpc) is 2.93. The Balaban J connectivity index is 1.40. The van der Waals surface area contributed by atoms with Crippen molar-refractivity contribution in [1.29, 1.82) is 0 Å². The highest BCUT2D eigenvalue weighted by atomic mass is 16.5. The van der Waals surface area contributed by atoms with Crippen molar-refractivity contribution in [2.75, 3.05) is 32.8 Å². The predicted octanol–water partition coefficient (Wildman–Crippen LogP) is 2.55. The van der Waals surface area contributed by atoms with Crippen LogP contribution in [-0.2, 0) is 4.74 Å². The summed E-state index contributed by atoms with van der Waals surface area (Å²) in [5, 5.41) is 3.81. The number of piperazine rings is 1. The van der Waals surface area contributed by atoms with Crippen molar-refractivity contribution in [3.8, 4) is 0 Å². The number of ether oxygens (including phenoxy) is 1. The van der Waals surface area contributed by atoms with Gasteiger partial charge >= 0.3 is 0 Å². The van der Waals surface area contributed by atoms with E-state index in [4.69, 9.17) is 4.74 Å². The highest BCUT2D eigenvalue weighted by molar-refractivity contribution is 4.96. The van der Waals surface area contributed by atoms with Gasteiger partial charge in [0.05, 0.1) is 12.7 Å². The Morgan fingerprint density at radius 2 is 1.84 bits per heavy atom. The minimum atomic E-state index is 0.448. The highest BCUT2D eigenvalue weighted by Crippen LogP contribution is 2.30. The maximum Gasteiger partial charge on any atom is 0.0597 e. The summed E-state index contributed by atoms with van der Waals surface area (Å²) in [6.07, 6.45) is 13.0. The zero-order chi connectivity index (χ0) is 13.0. The van der Waals surface area contributed by atoms with Crippen molar-refractivity contribution >= 4 is 0 Å². The molecule has 19 heavy (non-hydrogen) atoms. The van der Waals surface area contributed by atoms with Crippen LogP contribution in [0.3, 0.4) is 0 Å².